The van der Waals surface area contributed by atoms with Gasteiger partial charge >= 0.3 is 0 Å². The summed E-state index contributed by atoms with van der Waals surface area (Å²) >= 11 is 0. The minimum absolute atomic E-state index is 0.803. The molecule has 0 spiro atoms. The van der Waals surface area contributed by atoms with Crippen molar-refractivity contribution in [1.29, 1.82) is 0 Å². The SMILES string of the molecule is CN/C=C(\C)N. The van der Waals surface area contributed by atoms with Gasteiger partial charge in [0.15, 0.2) is 0 Å². The first kappa shape index (κ1) is 5.34. The van der Waals surface area contributed by atoms with Crippen molar-refractivity contribution in [3.63, 3.8) is 0 Å². The van der Waals surface area contributed by atoms with E-state index in [0.717, 1.165) is 5.70 Å². The molecule has 2 heteroatoms. The molecule has 36 valence electrons. The van der Waals surface area contributed by atoms with E-state index in [-0.39, 0.29) is 0 Å². The van der Waals surface area contributed by atoms with Gasteiger partial charge < -0.3 is 11.1 Å². The lowest BCUT2D eigenvalue weighted by Crippen LogP contribution is -1.99. The molecule has 0 aliphatic rings. The molecule has 0 bridgehead atoms. The van der Waals surface area contributed by atoms with E-state index in [1.54, 1.807) is 6.20 Å². The largest absolute Gasteiger partial charge is 0.401 e. The normalized spacial score (nSPS) is 11.3. The van der Waals surface area contributed by atoms with Gasteiger partial charge in [-0.25, -0.2) is 0 Å². The Labute approximate surface area is 38.0 Å². The number of hydrogen-bond acceptors (Lipinski definition) is 2. The van der Waals surface area contributed by atoms with E-state index in [1.807, 2.05) is 14.0 Å². The molecule has 0 fully saturated rings. The summed E-state index contributed by atoms with van der Waals surface area (Å²) in [6, 6.07) is 0. The van der Waals surface area contributed by atoms with Gasteiger partial charge in [0.1, 0.15) is 0 Å². The Kier molecular flexibility index (Phi) is 2.29. The van der Waals surface area contributed by atoms with Crippen LogP contribution >= 0.6 is 0 Å². The maximum Gasteiger partial charge on any atom is 0.0208 e. The van der Waals surface area contributed by atoms with Crippen molar-refractivity contribution in [1.82, 2.24) is 5.32 Å². The van der Waals surface area contributed by atoms with E-state index in [0.29, 0.717) is 0 Å². The summed E-state index contributed by atoms with van der Waals surface area (Å²) in [7, 11) is 1.82. The van der Waals surface area contributed by atoms with Crippen molar-refractivity contribution in [2.45, 2.75) is 6.92 Å². The summed E-state index contributed by atoms with van der Waals surface area (Å²) in [6.07, 6.45) is 1.74. The molecule has 0 aromatic heterocycles. The highest BCUT2D eigenvalue weighted by molar-refractivity contribution is 4.87. The Morgan fingerprint density at radius 3 is 2.33 bits per heavy atom. The standard InChI is InChI=1S/C4H10N2/c1-4(5)3-6-2/h3,6H,5H2,1-2H3/b4-3+. The second-order valence-corrected chi connectivity index (χ2v) is 1.18. The number of nitrogens with one attached hydrogen (secondary N) is 1. The van der Waals surface area contributed by atoms with Crippen LogP contribution in [0.2, 0.25) is 0 Å². The molecule has 2 nitrogen and oxygen atoms in total. The quantitative estimate of drug-likeness (QED) is 0.472. The first-order valence-electron chi connectivity index (χ1n) is 1.87. The second kappa shape index (κ2) is 2.57. The first-order valence-corrected chi connectivity index (χ1v) is 1.87. The Morgan fingerprint density at radius 2 is 2.33 bits per heavy atom. The van der Waals surface area contributed by atoms with Crippen molar-refractivity contribution in [3.05, 3.63) is 11.9 Å². The average molecular weight is 86.1 g/mol. The molecular formula is C4H10N2. The molecule has 0 radical (unpaired) electrons. The summed E-state index contributed by atoms with van der Waals surface area (Å²) in [5.41, 5.74) is 6.00. The highest BCUT2D eigenvalue weighted by atomic mass is 14.8. The fourth-order valence-electron chi connectivity index (χ4n) is 0.228. The third kappa shape index (κ3) is 3.34. The Morgan fingerprint density at radius 1 is 1.83 bits per heavy atom. The lowest BCUT2D eigenvalue weighted by atomic mass is 10.6. The molecule has 0 aromatic carbocycles. The summed E-state index contributed by atoms with van der Waals surface area (Å²) in [5, 5.41) is 2.78. The highest BCUT2D eigenvalue weighted by Gasteiger charge is 1.65. The minimum Gasteiger partial charge on any atom is -0.401 e. The minimum atomic E-state index is 0.803. The third-order valence-corrected chi connectivity index (χ3v) is 0.372. The molecule has 0 unspecified atom stereocenters. The third-order valence-electron chi connectivity index (χ3n) is 0.372. The molecular weight excluding hydrogens is 76.1 g/mol. The maximum absolute atomic E-state index is 5.20. The fourth-order valence-corrected chi connectivity index (χ4v) is 0.228. The van der Waals surface area contributed by atoms with E-state index in [2.05, 4.69) is 5.32 Å². The van der Waals surface area contributed by atoms with Gasteiger partial charge in [0.25, 0.3) is 0 Å². The van der Waals surface area contributed by atoms with Crippen LogP contribution < -0.4 is 11.1 Å². The zero-order valence-electron chi connectivity index (χ0n) is 4.15. The van der Waals surface area contributed by atoms with Crippen molar-refractivity contribution < 1.29 is 0 Å². The first-order chi connectivity index (χ1) is 2.77. The zero-order valence-corrected chi connectivity index (χ0v) is 4.15. The van der Waals surface area contributed by atoms with E-state index >= 15 is 0 Å². The molecule has 0 rings (SSSR count). The maximum atomic E-state index is 5.20. The smallest absolute Gasteiger partial charge is 0.0208 e. The summed E-state index contributed by atoms with van der Waals surface area (Å²) in [4.78, 5) is 0. The van der Waals surface area contributed by atoms with Gasteiger partial charge in [-0.3, -0.25) is 0 Å². The van der Waals surface area contributed by atoms with Crippen LogP contribution in [0.3, 0.4) is 0 Å². The molecule has 6 heavy (non-hydrogen) atoms. The fraction of sp³-hybridized carbons (Fsp3) is 0.500. The van der Waals surface area contributed by atoms with E-state index in [4.69, 9.17) is 5.73 Å². The van der Waals surface area contributed by atoms with Gasteiger partial charge in [-0.1, -0.05) is 0 Å². The van der Waals surface area contributed by atoms with Crippen molar-refractivity contribution >= 4 is 0 Å². The van der Waals surface area contributed by atoms with Crippen LogP contribution in [-0.4, -0.2) is 7.05 Å². The lowest BCUT2D eigenvalue weighted by Gasteiger charge is -1.85. The molecule has 0 amide bonds. The van der Waals surface area contributed by atoms with Gasteiger partial charge in [-0.2, -0.15) is 0 Å². The van der Waals surface area contributed by atoms with Crippen LogP contribution in [0.15, 0.2) is 11.9 Å². The van der Waals surface area contributed by atoms with Crippen molar-refractivity contribution in [3.8, 4) is 0 Å². The van der Waals surface area contributed by atoms with Gasteiger partial charge in [0, 0.05) is 18.9 Å². The van der Waals surface area contributed by atoms with Crippen LogP contribution in [0.1, 0.15) is 6.92 Å². The predicted molar refractivity (Wildman–Crippen MR) is 27.0 cm³/mol. The zero-order chi connectivity index (χ0) is 4.99. The molecule has 0 saturated heterocycles. The molecule has 0 aliphatic carbocycles. The molecule has 0 heterocycles. The number of rotatable bonds is 1. The van der Waals surface area contributed by atoms with Crippen molar-refractivity contribution in [2.24, 2.45) is 5.73 Å². The average Bonchev–Trinajstić information content (AvgIpc) is 1.35. The second-order valence-electron chi connectivity index (χ2n) is 1.18. The molecule has 0 aromatic rings. The van der Waals surface area contributed by atoms with E-state index in [1.165, 1.54) is 0 Å². The topological polar surface area (TPSA) is 38.0 Å². The van der Waals surface area contributed by atoms with Crippen LogP contribution in [0.25, 0.3) is 0 Å². The molecule has 0 aliphatic heterocycles. The summed E-state index contributed by atoms with van der Waals surface area (Å²) < 4.78 is 0. The van der Waals surface area contributed by atoms with E-state index < -0.39 is 0 Å². The lowest BCUT2D eigenvalue weighted by molar-refractivity contribution is 1.06. The van der Waals surface area contributed by atoms with Gasteiger partial charge in [-0.05, 0) is 6.92 Å². The Balaban J connectivity index is 3.14. The molecule has 0 saturated carbocycles. The van der Waals surface area contributed by atoms with E-state index in [9.17, 15) is 0 Å². The van der Waals surface area contributed by atoms with Crippen molar-refractivity contribution in [2.75, 3.05) is 7.05 Å². The molecule has 0 atom stereocenters. The van der Waals surface area contributed by atoms with Gasteiger partial charge in [-0.15, -0.1) is 0 Å². The van der Waals surface area contributed by atoms with Crippen LogP contribution in [0.4, 0.5) is 0 Å². The van der Waals surface area contributed by atoms with Gasteiger partial charge in [0.05, 0.1) is 0 Å². The van der Waals surface area contributed by atoms with Crippen LogP contribution in [0, 0.1) is 0 Å². The Bertz CT molecular complexity index is 52.6. The predicted octanol–water partition coefficient (Wildman–Crippen LogP) is 0.0258. The van der Waals surface area contributed by atoms with Crippen LogP contribution in [0.5, 0.6) is 0 Å². The highest BCUT2D eigenvalue weighted by Crippen LogP contribution is 1.68. The number of hydrogen-bond donors (Lipinski definition) is 2. The number of allylic oxidation sites excluding steroid dienone is 1. The Hall–Kier alpha value is -0.660. The van der Waals surface area contributed by atoms with Crippen LogP contribution in [-0.2, 0) is 0 Å². The van der Waals surface area contributed by atoms with Gasteiger partial charge in [0.2, 0.25) is 0 Å². The number of nitrogens with two attached hydrogens (primary N) is 1. The summed E-state index contributed by atoms with van der Waals surface area (Å²) in [5.74, 6) is 0. The molecule has 3 N–H and O–H groups in total. The summed E-state index contributed by atoms with van der Waals surface area (Å²) in [6.45, 7) is 1.83. The monoisotopic (exact) mass is 86.1 g/mol.